The van der Waals surface area contributed by atoms with Crippen molar-refractivity contribution in [2.75, 3.05) is 11.9 Å². The summed E-state index contributed by atoms with van der Waals surface area (Å²) in [6.45, 7) is 0.645. The topological polar surface area (TPSA) is 101 Å². The number of anilines is 1. The molecule has 27 heavy (non-hydrogen) atoms. The summed E-state index contributed by atoms with van der Waals surface area (Å²) in [5.41, 5.74) is 1.40. The fourth-order valence-electron chi connectivity index (χ4n) is 2.78. The third-order valence-corrected chi connectivity index (χ3v) is 5.50. The lowest BCUT2D eigenvalue weighted by Gasteiger charge is -2.10. The van der Waals surface area contributed by atoms with Gasteiger partial charge in [0.15, 0.2) is 0 Å². The zero-order chi connectivity index (χ0) is 19.1. The van der Waals surface area contributed by atoms with Gasteiger partial charge in [0.25, 0.3) is 10.0 Å². The van der Waals surface area contributed by atoms with E-state index in [9.17, 15) is 13.2 Å². The lowest BCUT2D eigenvalue weighted by Crippen LogP contribution is -2.29. The van der Waals surface area contributed by atoms with Gasteiger partial charge in [-0.2, -0.15) is 0 Å². The first-order valence-corrected chi connectivity index (χ1v) is 10.4. The maximum absolute atomic E-state index is 12.4. The monoisotopic (exact) mass is 386 g/mol. The van der Waals surface area contributed by atoms with Gasteiger partial charge in [-0.05, 0) is 49.6 Å². The molecule has 1 aliphatic heterocycles. The number of benzene rings is 1. The van der Waals surface area contributed by atoms with Crippen LogP contribution in [0, 0.1) is 0 Å². The number of carbonyl (C=O) groups excluding carboxylic acids is 1. The predicted molar refractivity (Wildman–Crippen MR) is 104 cm³/mol. The summed E-state index contributed by atoms with van der Waals surface area (Å²) in [4.78, 5) is 20.6. The molecule has 0 atom stereocenters. The number of sulfonamides is 1. The molecule has 0 unspecified atom stereocenters. The van der Waals surface area contributed by atoms with E-state index < -0.39 is 10.0 Å². The summed E-state index contributed by atoms with van der Waals surface area (Å²) >= 11 is 0. The second kappa shape index (κ2) is 8.77. The number of rotatable bonds is 7. The van der Waals surface area contributed by atoms with Crippen molar-refractivity contribution in [2.45, 2.75) is 37.0 Å². The summed E-state index contributed by atoms with van der Waals surface area (Å²) < 4.78 is 27.4. The number of nitrogens with zero attached hydrogens (tertiary/aromatic N) is 2. The van der Waals surface area contributed by atoms with Gasteiger partial charge in [-0.15, -0.1) is 0 Å². The molecule has 1 aromatic heterocycles. The highest BCUT2D eigenvalue weighted by Crippen LogP contribution is 2.17. The minimum atomic E-state index is -3.70. The Hall–Kier alpha value is -2.74. The van der Waals surface area contributed by atoms with E-state index in [1.807, 2.05) is 18.2 Å². The standard InChI is InChI=1S/C19H22N4O3S/c24-19(11-4-7-15-6-1-2-12-20-15)22-16-8-3-9-17(14-16)27(25,26)23-18-10-5-13-21-18/h1-3,6,8-9,12,14H,4-5,7,10-11,13H2,(H,21,23)(H,22,24). The summed E-state index contributed by atoms with van der Waals surface area (Å²) in [6, 6.07) is 11.9. The SMILES string of the molecule is O=C(CCCc1ccccn1)Nc1cccc(S(=O)(=O)NC2=NCCC2)c1. The molecule has 2 aromatic rings. The number of hydrogen-bond donors (Lipinski definition) is 2. The highest BCUT2D eigenvalue weighted by atomic mass is 32.2. The first-order valence-electron chi connectivity index (χ1n) is 8.89. The number of amides is 1. The van der Waals surface area contributed by atoms with Crippen molar-refractivity contribution in [3.63, 3.8) is 0 Å². The smallest absolute Gasteiger partial charge is 0.262 e. The number of pyridine rings is 1. The van der Waals surface area contributed by atoms with Crippen LogP contribution in [0.3, 0.4) is 0 Å². The van der Waals surface area contributed by atoms with Gasteiger partial charge in [-0.1, -0.05) is 12.1 Å². The van der Waals surface area contributed by atoms with E-state index in [4.69, 9.17) is 0 Å². The van der Waals surface area contributed by atoms with Crippen LogP contribution in [0.4, 0.5) is 5.69 Å². The quantitative estimate of drug-likeness (QED) is 0.763. The van der Waals surface area contributed by atoms with Gasteiger partial charge in [0.2, 0.25) is 5.91 Å². The molecule has 1 aromatic carbocycles. The Morgan fingerprint density at radius 2 is 2.04 bits per heavy atom. The molecule has 0 aliphatic carbocycles. The minimum absolute atomic E-state index is 0.100. The van der Waals surface area contributed by atoms with Crippen LogP contribution in [0.1, 0.15) is 31.4 Å². The Morgan fingerprint density at radius 3 is 2.78 bits per heavy atom. The van der Waals surface area contributed by atoms with E-state index in [0.717, 1.165) is 12.1 Å². The number of aromatic nitrogens is 1. The zero-order valence-corrected chi connectivity index (χ0v) is 15.7. The average Bonchev–Trinajstić information content (AvgIpc) is 3.15. The predicted octanol–water partition coefficient (Wildman–Crippen LogP) is 2.51. The van der Waals surface area contributed by atoms with Crippen LogP contribution < -0.4 is 10.0 Å². The maximum atomic E-state index is 12.4. The maximum Gasteiger partial charge on any atom is 0.262 e. The summed E-state index contributed by atoms with van der Waals surface area (Å²) in [5.74, 6) is 0.326. The van der Waals surface area contributed by atoms with Crippen molar-refractivity contribution < 1.29 is 13.2 Å². The van der Waals surface area contributed by atoms with Crippen LogP contribution in [0.15, 0.2) is 58.5 Å². The molecule has 8 heteroatoms. The molecule has 3 rings (SSSR count). The average molecular weight is 386 g/mol. The van der Waals surface area contributed by atoms with Crippen molar-refractivity contribution in [3.05, 3.63) is 54.4 Å². The minimum Gasteiger partial charge on any atom is -0.326 e. The first-order chi connectivity index (χ1) is 13.0. The fourth-order valence-corrected chi connectivity index (χ4v) is 3.91. The van der Waals surface area contributed by atoms with Gasteiger partial charge < -0.3 is 5.32 Å². The number of amidine groups is 1. The Kier molecular flexibility index (Phi) is 6.18. The van der Waals surface area contributed by atoms with Crippen molar-refractivity contribution in [3.8, 4) is 0 Å². The van der Waals surface area contributed by atoms with E-state index in [1.165, 1.54) is 12.1 Å². The molecule has 0 radical (unpaired) electrons. The van der Waals surface area contributed by atoms with Crippen LogP contribution in [0.2, 0.25) is 0 Å². The van der Waals surface area contributed by atoms with Gasteiger partial charge in [0.1, 0.15) is 5.84 Å². The molecule has 0 saturated carbocycles. The molecule has 0 fully saturated rings. The second-order valence-corrected chi connectivity index (χ2v) is 7.97. The molecule has 0 saturated heterocycles. The molecular weight excluding hydrogens is 364 g/mol. The Balaban J connectivity index is 1.56. The molecule has 2 N–H and O–H groups in total. The summed E-state index contributed by atoms with van der Waals surface area (Å²) in [7, 11) is -3.70. The van der Waals surface area contributed by atoms with Crippen LogP contribution >= 0.6 is 0 Å². The van der Waals surface area contributed by atoms with E-state index in [1.54, 1.807) is 18.3 Å². The van der Waals surface area contributed by atoms with E-state index in [2.05, 4.69) is 20.0 Å². The zero-order valence-electron chi connectivity index (χ0n) is 14.9. The van der Waals surface area contributed by atoms with Crippen LogP contribution in [-0.4, -0.2) is 31.7 Å². The molecule has 2 heterocycles. The van der Waals surface area contributed by atoms with E-state index >= 15 is 0 Å². The van der Waals surface area contributed by atoms with E-state index in [0.29, 0.717) is 43.8 Å². The number of hydrogen-bond acceptors (Lipinski definition) is 5. The molecular formula is C19H22N4O3S. The highest BCUT2D eigenvalue weighted by Gasteiger charge is 2.18. The van der Waals surface area contributed by atoms with E-state index in [-0.39, 0.29) is 10.8 Å². The van der Waals surface area contributed by atoms with Crippen LogP contribution in [-0.2, 0) is 21.2 Å². The van der Waals surface area contributed by atoms with Gasteiger partial charge >= 0.3 is 0 Å². The Morgan fingerprint density at radius 1 is 1.15 bits per heavy atom. The number of nitrogens with one attached hydrogen (secondary N) is 2. The molecule has 1 amide bonds. The third kappa shape index (κ3) is 5.62. The van der Waals surface area contributed by atoms with Crippen molar-refractivity contribution in [1.82, 2.24) is 9.71 Å². The third-order valence-electron chi connectivity index (χ3n) is 4.12. The molecule has 7 nitrogen and oxygen atoms in total. The lowest BCUT2D eigenvalue weighted by molar-refractivity contribution is -0.116. The van der Waals surface area contributed by atoms with Crippen LogP contribution in [0.5, 0.6) is 0 Å². The largest absolute Gasteiger partial charge is 0.326 e. The summed E-state index contributed by atoms with van der Waals surface area (Å²) in [6.07, 6.45) is 4.93. The highest BCUT2D eigenvalue weighted by molar-refractivity contribution is 7.90. The van der Waals surface area contributed by atoms with Crippen molar-refractivity contribution >= 4 is 27.5 Å². The summed E-state index contributed by atoms with van der Waals surface area (Å²) in [5, 5.41) is 2.75. The van der Waals surface area contributed by atoms with Crippen LogP contribution in [0.25, 0.3) is 0 Å². The van der Waals surface area contributed by atoms with Gasteiger partial charge in [-0.25, -0.2) is 8.42 Å². The van der Waals surface area contributed by atoms with Crippen molar-refractivity contribution in [1.29, 1.82) is 0 Å². The Bertz CT molecular complexity index is 927. The number of aliphatic imine (C=N–C) groups is 1. The molecule has 142 valence electrons. The fraction of sp³-hybridized carbons (Fsp3) is 0.316. The van der Waals surface area contributed by atoms with Gasteiger partial charge in [0, 0.05) is 37.0 Å². The molecule has 0 spiro atoms. The van der Waals surface area contributed by atoms with Gasteiger partial charge in [-0.3, -0.25) is 19.5 Å². The molecule has 1 aliphatic rings. The first kappa shape index (κ1) is 19.0. The lowest BCUT2D eigenvalue weighted by atomic mass is 10.1. The number of carbonyl (C=O) groups is 1. The number of aryl methyl sites for hydroxylation is 1. The second-order valence-electron chi connectivity index (χ2n) is 6.29. The normalized spacial score (nSPS) is 13.9. The molecule has 0 bridgehead atoms. The van der Waals surface area contributed by atoms with Crippen molar-refractivity contribution in [2.24, 2.45) is 4.99 Å². The Labute approximate surface area is 159 Å². The van der Waals surface area contributed by atoms with Gasteiger partial charge in [0.05, 0.1) is 4.90 Å².